The Bertz CT molecular complexity index is 793. The fourth-order valence-corrected chi connectivity index (χ4v) is 2.61. The number of aryl methyl sites for hydroxylation is 1. The van der Waals surface area contributed by atoms with Gasteiger partial charge in [0.15, 0.2) is 18.1 Å². The molecule has 0 aliphatic rings. The van der Waals surface area contributed by atoms with Crippen LogP contribution in [0.25, 0.3) is 0 Å². The van der Waals surface area contributed by atoms with Crippen LogP contribution in [0.2, 0.25) is 0 Å². The molecule has 2 aromatic carbocycles. The predicted molar refractivity (Wildman–Crippen MR) is 104 cm³/mol. The Hall–Kier alpha value is -2.54. The second-order valence-corrected chi connectivity index (χ2v) is 6.22. The first-order chi connectivity index (χ1) is 12.5. The summed E-state index contributed by atoms with van der Waals surface area (Å²) in [5.41, 5.74) is 4.21. The molecule has 0 unspecified atom stereocenters. The largest absolute Gasteiger partial charge is 0.503 e. The number of carbonyl (C=O) groups excluding carboxylic acids is 1. The van der Waals surface area contributed by atoms with E-state index in [1.807, 2.05) is 25.1 Å². The van der Waals surface area contributed by atoms with Crippen LogP contribution in [0.4, 0.5) is 0 Å². The zero-order chi connectivity index (χ0) is 18.9. The lowest BCUT2D eigenvalue weighted by atomic mass is 10.2. The van der Waals surface area contributed by atoms with Crippen molar-refractivity contribution in [2.45, 2.75) is 20.3 Å². The first-order valence-corrected chi connectivity index (χ1v) is 9.01. The van der Waals surface area contributed by atoms with E-state index >= 15 is 0 Å². The highest BCUT2D eigenvalue weighted by atomic mass is 79.9. The van der Waals surface area contributed by atoms with Crippen LogP contribution in [0.1, 0.15) is 25.0 Å². The molecule has 0 aliphatic carbocycles. The van der Waals surface area contributed by atoms with Crippen LogP contribution in [0, 0.1) is 0 Å². The van der Waals surface area contributed by atoms with Gasteiger partial charge >= 0.3 is 0 Å². The zero-order valence-corrected chi connectivity index (χ0v) is 16.2. The van der Waals surface area contributed by atoms with E-state index < -0.39 is 0 Å². The number of aromatic hydroxyl groups is 1. The van der Waals surface area contributed by atoms with Gasteiger partial charge in [-0.15, -0.1) is 0 Å². The molecular weight excluding hydrogens is 400 g/mol. The fourth-order valence-electron chi connectivity index (χ4n) is 2.15. The second-order valence-electron chi connectivity index (χ2n) is 5.37. The fraction of sp³-hybridized carbons (Fsp3) is 0.263. The zero-order valence-electron chi connectivity index (χ0n) is 14.7. The summed E-state index contributed by atoms with van der Waals surface area (Å²) in [5, 5.41) is 13.8. The van der Waals surface area contributed by atoms with Crippen molar-refractivity contribution in [3.63, 3.8) is 0 Å². The number of amides is 1. The molecule has 2 N–H and O–H groups in total. The number of carbonyl (C=O) groups is 1. The molecule has 26 heavy (non-hydrogen) atoms. The third-order valence-electron chi connectivity index (χ3n) is 3.43. The number of hydrogen-bond donors (Lipinski definition) is 2. The first kappa shape index (κ1) is 19.8. The van der Waals surface area contributed by atoms with E-state index in [1.165, 1.54) is 6.21 Å². The van der Waals surface area contributed by atoms with E-state index in [-0.39, 0.29) is 18.3 Å². The van der Waals surface area contributed by atoms with Gasteiger partial charge in [0.1, 0.15) is 5.75 Å². The van der Waals surface area contributed by atoms with Crippen molar-refractivity contribution in [2.24, 2.45) is 5.10 Å². The van der Waals surface area contributed by atoms with Gasteiger partial charge in [-0.2, -0.15) is 5.10 Å². The van der Waals surface area contributed by atoms with Crippen LogP contribution in [0.5, 0.6) is 17.2 Å². The molecule has 0 aromatic heterocycles. The SMILES string of the molecule is CCOc1cc(/C=N/NC(=O)COc2cccc(CC)c2)cc(Br)c1O. The van der Waals surface area contributed by atoms with E-state index in [0.29, 0.717) is 28.1 Å². The Balaban J connectivity index is 1.90. The van der Waals surface area contributed by atoms with Gasteiger partial charge in [0.05, 0.1) is 17.3 Å². The molecule has 0 saturated carbocycles. The maximum absolute atomic E-state index is 11.8. The van der Waals surface area contributed by atoms with Gasteiger partial charge in [-0.3, -0.25) is 4.79 Å². The number of ether oxygens (including phenoxy) is 2. The van der Waals surface area contributed by atoms with E-state index in [1.54, 1.807) is 18.2 Å². The minimum absolute atomic E-state index is 0.0238. The van der Waals surface area contributed by atoms with Crippen LogP contribution in [0.3, 0.4) is 0 Å². The van der Waals surface area contributed by atoms with E-state index in [9.17, 15) is 9.90 Å². The number of hydrazone groups is 1. The molecule has 0 atom stereocenters. The molecule has 138 valence electrons. The van der Waals surface area contributed by atoms with Crippen molar-refractivity contribution in [1.82, 2.24) is 5.43 Å². The third kappa shape index (κ3) is 5.77. The standard InChI is InChI=1S/C19H21BrN2O4/c1-3-13-6-5-7-15(8-13)26-12-18(23)22-21-11-14-9-16(20)19(24)17(10-14)25-4-2/h5-11,24H,3-4,12H2,1-2H3,(H,22,23)/b21-11+. The lowest BCUT2D eigenvalue weighted by molar-refractivity contribution is -0.123. The smallest absolute Gasteiger partial charge is 0.277 e. The number of nitrogens with one attached hydrogen (secondary N) is 1. The molecule has 0 saturated heterocycles. The maximum atomic E-state index is 11.8. The Morgan fingerprint density at radius 1 is 1.27 bits per heavy atom. The average Bonchev–Trinajstić information content (AvgIpc) is 2.64. The van der Waals surface area contributed by atoms with E-state index in [2.05, 4.69) is 33.4 Å². The highest BCUT2D eigenvalue weighted by Gasteiger charge is 2.08. The van der Waals surface area contributed by atoms with Gasteiger partial charge in [-0.25, -0.2) is 5.43 Å². The summed E-state index contributed by atoms with van der Waals surface area (Å²) in [7, 11) is 0. The van der Waals surface area contributed by atoms with Crippen LogP contribution >= 0.6 is 15.9 Å². The summed E-state index contributed by atoms with van der Waals surface area (Å²) in [6.07, 6.45) is 2.36. The molecule has 7 heteroatoms. The Labute approximate surface area is 161 Å². The minimum Gasteiger partial charge on any atom is -0.503 e. The van der Waals surface area contributed by atoms with Gasteiger partial charge in [0.2, 0.25) is 0 Å². The number of phenols is 1. The number of halogens is 1. The summed E-state index contributed by atoms with van der Waals surface area (Å²) in [6, 6.07) is 10.9. The quantitative estimate of drug-likeness (QED) is 0.504. The van der Waals surface area contributed by atoms with Crippen molar-refractivity contribution in [2.75, 3.05) is 13.2 Å². The molecule has 0 spiro atoms. The Morgan fingerprint density at radius 3 is 2.81 bits per heavy atom. The number of phenolic OH excluding ortho intramolecular Hbond substituents is 1. The molecular formula is C19H21BrN2O4. The van der Waals surface area contributed by atoms with Gasteiger partial charge in [-0.1, -0.05) is 19.1 Å². The summed E-state index contributed by atoms with van der Waals surface area (Å²) in [5.74, 6) is 0.642. The summed E-state index contributed by atoms with van der Waals surface area (Å²) in [6.45, 7) is 4.17. The molecule has 1 amide bonds. The minimum atomic E-state index is -0.369. The van der Waals surface area contributed by atoms with Crippen LogP contribution in [0.15, 0.2) is 46.0 Å². The molecule has 0 fully saturated rings. The number of benzene rings is 2. The summed E-state index contributed by atoms with van der Waals surface area (Å²) < 4.78 is 11.3. The lowest BCUT2D eigenvalue weighted by Crippen LogP contribution is -2.24. The number of hydrogen-bond acceptors (Lipinski definition) is 5. The number of nitrogens with zero attached hydrogens (tertiary/aromatic N) is 1. The summed E-state index contributed by atoms with van der Waals surface area (Å²) >= 11 is 3.25. The van der Waals surface area contributed by atoms with Crippen molar-refractivity contribution in [3.8, 4) is 17.2 Å². The highest BCUT2D eigenvalue weighted by molar-refractivity contribution is 9.10. The molecule has 2 rings (SSSR count). The van der Waals surface area contributed by atoms with Crippen molar-refractivity contribution in [1.29, 1.82) is 0 Å². The van der Waals surface area contributed by atoms with Gasteiger partial charge in [-0.05, 0) is 64.7 Å². The van der Waals surface area contributed by atoms with E-state index in [4.69, 9.17) is 9.47 Å². The maximum Gasteiger partial charge on any atom is 0.277 e. The highest BCUT2D eigenvalue weighted by Crippen LogP contribution is 2.35. The Morgan fingerprint density at radius 2 is 2.08 bits per heavy atom. The molecule has 0 heterocycles. The van der Waals surface area contributed by atoms with Gasteiger partial charge < -0.3 is 14.6 Å². The van der Waals surface area contributed by atoms with Gasteiger partial charge in [0, 0.05) is 0 Å². The average molecular weight is 421 g/mol. The number of rotatable bonds is 8. The lowest BCUT2D eigenvalue weighted by Gasteiger charge is -2.08. The topological polar surface area (TPSA) is 80.2 Å². The molecule has 0 radical (unpaired) electrons. The molecule has 0 aliphatic heterocycles. The van der Waals surface area contributed by atoms with E-state index in [0.717, 1.165) is 12.0 Å². The predicted octanol–water partition coefficient (Wildman–Crippen LogP) is 3.64. The third-order valence-corrected chi connectivity index (χ3v) is 4.03. The molecule has 2 aromatic rings. The molecule has 0 bridgehead atoms. The van der Waals surface area contributed by atoms with Crippen LogP contribution in [-0.2, 0) is 11.2 Å². The van der Waals surface area contributed by atoms with Gasteiger partial charge in [0.25, 0.3) is 5.91 Å². The van der Waals surface area contributed by atoms with Crippen LogP contribution in [-0.4, -0.2) is 30.4 Å². The van der Waals surface area contributed by atoms with Crippen molar-refractivity contribution >= 4 is 28.1 Å². The van der Waals surface area contributed by atoms with Crippen molar-refractivity contribution in [3.05, 3.63) is 52.0 Å². The monoisotopic (exact) mass is 420 g/mol. The van der Waals surface area contributed by atoms with Crippen molar-refractivity contribution < 1.29 is 19.4 Å². The summed E-state index contributed by atoms with van der Waals surface area (Å²) in [4.78, 5) is 11.8. The van der Waals surface area contributed by atoms with Crippen LogP contribution < -0.4 is 14.9 Å². The molecule has 6 nitrogen and oxygen atoms in total. The normalized spacial score (nSPS) is 10.7. The second kappa shape index (κ2) is 9.82. The Kier molecular flexibility index (Phi) is 7.47. The first-order valence-electron chi connectivity index (χ1n) is 8.22.